The van der Waals surface area contributed by atoms with E-state index in [0.29, 0.717) is 23.7 Å². The van der Waals surface area contributed by atoms with Crippen molar-refractivity contribution in [2.75, 3.05) is 18.8 Å². The molecule has 21 heavy (non-hydrogen) atoms. The van der Waals surface area contributed by atoms with Crippen LogP contribution in [0.4, 0.5) is 5.69 Å². The summed E-state index contributed by atoms with van der Waals surface area (Å²) in [6, 6.07) is 3.87. The van der Waals surface area contributed by atoms with E-state index < -0.39 is 0 Å². The van der Waals surface area contributed by atoms with Gasteiger partial charge in [-0.1, -0.05) is 0 Å². The van der Waals surface area contributed by atoms with Crippen LogP contribution < -0.4 is 5.73 Å². The summed E-state index contributed by atoms with van der Waals surface area (Å²) >= 11 is 1.39. The molecule has 0 aromatic carbocycles. The normalized spacial score (nSPS) is 24.7. The standard InChI is InChI=1S/C15H17N3O2S/c1-8-2-5-11-12(16)13(21-14(11)17-8)15(19)18-6-9-3-4-10(7-18)20-9/h2,5,9-10H,3-4,6-7,16H2,1H3. The highest BCUT2D eigenvalue weighted by atomic mass is 32.1. The Morgan fingerprint density at radius 3 is 2.81 bits per heavy atom. The van der Waals surface area contributed by atoms with E-state index >= 15 is 0 Å². The van der Waals surface area contributed by atoms with Crippen molar-refractivity contribution in [1.82, 2.24) is 9.88 Å². The lowest BCUT2D eigenvalue weighted by molar-refractivity contribution is -0.0301. The maximum atomic E-state index is 12.8. The predicted octanol–water partition coefficient (Wildman–Crippen LogP) is 2.19. The van der Waals surface area contributed by atoms with E-state index in [2.05, 4.69) is 4.98 Å². The lowest BCUT2D eigenvalue weighted by atomic mass is 10.2. The first-order valence-corrected chi connectivity index (χ1v) is 8.04. The molecule has 2 aliphatic heterocycles. The number of ether oxygens (including phenoxy) is 1. The van der Waals surface area contributed by atoms with Crippen molar-refractivity contribution in [2.24, 2.45) is 0 Å². The van der Waals surface area contributed by atoms with Crippen molar-refractivity contribution in [2.45, 2.75) is 32.0 Å². The van der Waals surface area contributed by atoms with Gasteiger partial charge in [0.25, 0.3) is 5.91 Å². The van der Waals surface area contributed by atoms with Gasteiger partial charge in [0, 0.05) is 24.2 Å². The molecular weight excluding hydrogens is 286 g/mol. The van der Waals surface area contributed by atoms with Crippen molar-refractivity contribution < 1.29 is 9.53 Å². The first kappa shape index (κ1) is 13.0. The SMILES string of the molecule is Cc1ccc2c(N)c(C(=O)N3CC4CCC(C3)O4)sc2n1. The Morgan fingerprint density at radius 1 is 1.38 bits per heavy atom. The zero-order chi connectivity index (χ0) is 14.6. The van der Waals surface area contributed by atoms with Gasteiger partial charge < -0.3 is 15.4 Å². The minimum Gasteiger partial charge on any atom is -0.397 e. The Bertz CT molecular complexity index is 715. The van der Waals surface area contributed by atoms with E-state index in [9.17, 15) is 4.79 Å². The van der Waals surface area contributed by atoms with E-state index in [4.69, 9.17) is 10.5 Å². The van der Waals surface area contributed by atoms with Crippen LogP contribution in [0.15, 0.2) is 12.1 Å². The van der Waals surface area contributed by atoms with Gasteiger partial charge in [-0.3, -0.25) is 4.79 Å². The maximum absolute atomic E-state index is 12.8. The highest BCUT2D eigenvalue weighted by Crippen LogP contribution is 2.35. The number of likely N-dealkylation sites (tertiary alicyclic amines) is 1. The molecule has 2 aliphatic rings. The minimum atomic E-state index is 0.0216. The zero-order valence-electron chi connectivity index (χ0n) is 11.8. The average molecular weight is 303 g/mol. The molecule has 5 nitrogen and oxygen atoms in total. The molecule has 2 aromatic rings. The maximum Gasteiger partial charge on any atom is 0.266 e. The highest BCUT2D eigenvalue weighted by Gasteiger charge is 2.37. The number of carbonyl (C=O) groups is 1. The van der Waals surface area contributed by atoms with Gasteiger partial charge in [-0.05, 0) is 31.9 Å². The highest BCUT2D eigenvalue weighted by molar-refractivity contribution is 7.21. The molecule has 110 valence electrons. The summed E-state index contributed by atoms with van der Waals surface area (Å²) < 4.78 is 5.78. The molecule has 2 fully saturated rings. The Balaban J connectivity index is 1.69. The first-order valence-electron chi connectivity index (χ1n) is 7.22. The molecule has 0 aliphatic carbocycles. The number of anilines is 1. The topological polar surface area (TPSA) is 68.5 Å². The van der Waals surface area contributed by atoms with Gasteiger partial charge in [-0.25, -0.2) is 4.98 Å². The van der Waals surface area contributed by atoms with Crippen LogP contribution in [0.1, 0.15) is 28.2 Å². The number of pyridine rings is 1. The lowest BCUT2D eigenvalue weighted by Crippen LogP contribution is -2.45. The summed E-state index contributed by atoms with van der Waals surface area (Å²) in [5.74, 6) is 0.0216. The zero-order valence-corrected chi connectivity index (χ0v) is 12.7. The lowest BCUT2D eigenvalue weighted by Gasteiger charge is -2.31. The predicted molar refractivity (Wildman–Crippen MR) is 82.6 cm³/mol. The molecule has 4 heterocycles. The van der Waals surface area contributed by atoms with E-state index in [1.165, 1.54) is 11.3 Å². The van der Waals surface area contributed by atoms with Crippen LogP contribution >= 0.6 is 11.3 Å². The number of fused-ring (bicyclic) bond motifs is 3. The van der Waals surface area contributed by atoms with Crippen LogP contribution in [0, 0.1) is 6.92 Å². The van der Waals surface area contributed by atoms with Gasteiger partial charge >= 0.3 is 0 Å². The van der Waals surface area contributed by atoms with Crippen LogP contribution in [0.5, 0.6) is 0 Å². The van der Waals surface area contributed by atoms with Crippen molar-refractivity contribution in [3.63, 3.8) is 0 Å². The number of rotatable bonds is 1. The summed E-state index contributed by atoms with van der Waals surface area (Å²) in [5, 5.41) is 0.880. The van der Waals surface area contributed by atoms with Crippen LogP contribution in [0.25, 0.3) is 10.2 Å². The van der Waals surface area contributed by atoms with Gasteiger partial charge in [0.1, 0.15) is 9.71 Å². The third-order valence-corrected chi connectivity index (χ3v) is 5.36. The van der Waals surface area contributed by atoms with Crippen molar-refractivity contribution in [1.29, 1.82) is 0 Å². The monoisotopic (exact) mass is 303 g/mol. The second-order valence-corrected chi connectivity index (χ2v) is 6.82. The molecule has 4 rings (SSSR count). The molecule has 2 N–H and O–H groups in total. The van der Waals surface area contributed by atoms with E-state index in [0.717, 1.165) is 28.8 Å². The Labute approximate surface area is 126 Å². The Kier molecular flexibility index (Phi) is 2.90. The number of aryl methyl sites for hydroxylation is 1. The number of nitrogens with two attached hydrogens (primary N) is 1. The number of thiophene rings is 1. The fourth-order valence-electron chi connectivity index (χ4n) is 3.17. The quantitative estimate of drug-likeness (QED) is 0.877. The Hall–Kier alpha value is -1.66. The molecular formula is C15H17N3O2S. The molecule has 2 unspecified atom stereocenters. The molecule has 0 radical (unpaired) electrons. The van der Waals surface area contributed by atoms with E-state index in [1.807, 2.05) is 24.0 Å². The van der Waals surface area contributed by atoms with Gasteiger partial charge in [-0.2, -0.15) is 0 Å². The van der Waals surface area contributed by atoms with Crippen LogP contribution in [0.3, 0.4) is 0 Å². The summed E-state index contributed by atoms with van der Waals surface area (Å²) in [5.41, 5.74) is 7.67. The van der Waals surface area contributed by atoms with Crippen LogP contribution in [-0.4, -0.2) is 41.1 Å². The fourth-order valence-corrected chi connectivity index (χ4v) is 4.28. The third kappa shape index (κ3) is 2.10. The second-order valence-electron chi connectivity index (χ2n) is 5.82. The molecule has 2 saturated heterocycles. The number of hydrogen-bond donors (Lipinski definition) is 1. The van der Waals surface area contributed by atoms with Crippen LogP contribution in [0.2, 0.25) is 0 Å². The van der Waals surface area contributed by atoms with Gasteiger partial charge in [-0.15, -0.1) is 11.3 Å². The van der Waals surface area contributed by atoms with Gasteiger partial charge in [0.15, 0.2) is 0 Å². The summed E-state index contributed by atoms with van der Waals surface area (Å²) in [6.07, 6.45) is 2.50. The smallest absolute Gasteiger partial charge is 0.266 e. The number of amides is 1. The average Bonchev–Trinajstić information content (AvgIpc) is 2.98. The number of nitrogens with zero attached hydrogens (tertiary/aromatic N) is 2. The fraction of sp³-hybridized carbons (Fsp3) is 0.467. The number of aromatic nitrogens is 1. The van der Waals surface area contributed by atoms with E-state index in [1.54, 1.807) is 0 Å². The van der Waals surface area contributed by atoms with E-state index in [-0.39, 0.29) is 18.1 Å². The van der Waals surface area contributed by atoms with Crippen molar-refractivity contribution in [3.8, 4) is 0 Å². The number of hydrogen-bond acceptors (Lipinski definition) is 5. The summed E-state index contributed by atoms with van der Waals surface area (Å²) in [6.45, 7) is 3.29. The molecule has 6 heteroatoms. The first-order chi connectivity index (χ1) is 10.1. The molecule has 2 bridgehead atoms. The molecule has 2 aromatic heterocycles. The van der Waals surface area contributed by atoms with Crippen molar-refractivity contribution in [3.05, 3.63) is 22.7 Å². The molecule has 2 atom stereocenters. The molecule has 0 spiro atoms. The minimum absolute atomic E-state index is 0.0216. The Morgan fingerprint density at radius 2 is 2.10 bits per heavy atom. The molecule has 1 amide bonds. The number of carbonyl (C=O) groups excluding carboxylic acids is 1. The van der Waals surface area contributed by atoms with Gasteiger partial charge in [0.05, 0.1) is 17.9 Å². The van der Waals surface area contributed by atoms with Crippen LogP contribution in [-0.2, 0) is 4.74 Å². The second kappa shape index (κ2) is 4.68. The summed E-state index contributed by atoms with van der Waals surface area (Å²) in [4.78, 5) is 20.6. The number of nitrogen functional groups attached to an aromatic ring is 1. The largest absolute Gasteiger partial charge is 0.397 e. The molecule has 0 saturated carbocycles. The third-order valence-electron chi connectivity index (χ3n) is 4.26. The number of morpholine rings is 1. The summed E-state index contributed by atoms with van der Waals surface area (Å²) in [7, 11) is 0. The van der Waals surface area contributed by atoms with Gasteiger partial charge in [0.2, 0.25) is 0 Å². The van der Waals surface area contributed by atoms with Crippen molar-refractivity contribution >= 4 is 33.1 Å².